The molecule has 1 aromatic rings. The van der Waals surface area contributed by atoms with E-state index in [1.54, 1.807) is 6.07 Å². The fraction of sp³-hybridized carbons (Fsp3) is 0.538. The van der Waals surface area contributed by atoms with Crippen molar-refractivity contribution in [3.63, 3.8) is 0 Å². The minimum Gasteiger partial charge on any atom is -0.392 e. The van der Waals surface area contributed by atoms with E-state index in [-0.39, 0.29) is 16.5 Å². The van der Waals surface area contributed by atoms with E-state index in [4.69, 9.17) is 16.7 Å². The van der Waals surface area contributed by atoms with Crippen LogP contribution >= 0.6 is 11.6 Å². The number of hydrogen-bond acceptors (Lipinski definition) is 3. The molecule has 0 bridgehead atoms. The van der Waals surface area contributed by atoms with Crippen LogP contribution in [0.1, 0.15) is 25.3 Å². The summed E-state index contributed by atoms with van der Waals surface area (Å²) >= 11 is 5.96. The van der Waals surface area contributed by atoms with Crippen molar-refractivity contribution in [3.8, 4) is 0 Å². The predicted octanol–water partition coefficient (Wildman–Crippen LogP) is 2.25. The fourth-order valence-electron chi connectivity index (χ4n) is 2.33. The van der Waals surface area contributed by atoms with Gasteiger partial charge in [0.2, 0.25) is 10.0 Å². The van der Waals surface area contributed by atoms with Crippen LogP contribution in [0.4, 0.5) is 0 Å². The standard InChI is InChI=1S/C13H18ClNO3S/c1-10-3-2-6-15(8-10)19(17,18)12-5-4-11(9-16)13(14)7-12/h4-5,7,10,16H,2-3,6,8-9H2,1H3. The van der Waals surface area contributed by atoms with Crippen molar-refractivity contribution in [2.75, 3.05) is 13.1 Å². The second-order valence-corrected chi connectivity index (χ2v) is 7.37. The number of hydrogen-bond donors (Lipinski definition) is 1. The Morgan fingerprint density at radius 3 is 2.79 bits per heavy atom. The quantitative estimate of drug-likeness (QED) is 0.932. The Balaban J connectivity index is 2.31. The van der Waals surface area contributed by atoms with Gasteiger partial charge in [0, 0.05) is 18.1 Å². The van der Waals surface area contributed by atoms with Crippen molar-refractivity contribution in [2.24, 2.45) is 5.92 Å². The third-order valence-corrected chi connectivity index (χ3v) is 5.67. The number of nitrogens with zero attached hydrogens (tertiary/aromatic N) is 1. The number of benzene rings is 1. The number of piperidine rings is 1. The Labute approximate surface area is 119 Å². The molecule has 1 N–H and O–H groups in total. The van der Waals surface area contributed by atoms with Gasteiger partial charge in [-0.05, 0) is 36.5 Å². The molecule has 4 nitrogen and oxygen atoms in total. The summed E-state index contributed by atoms with van der Waals surface area (Å²) in [6.45, 7) is 2.98. The first kappa shape index (κ1) is 14.8. The van der Waals surface area contributed by atoms with Gasteiger partial charge in [0.25, 0.3) is 0 Å². The number of rotatable bonds is 3. The minimum absolute atomic E-state index is 0.195. The smallest absolute Gasteiger partial charge is 0.243 e. The van der Waals surface area contributed by atoms with Crippen LogP contribution in [0.2, 0.25) is 5.02 Å². The second kappa shape index (κ2) is 5.79. The van der Waals surface area contributed by atoms with E-state index in [1.807, 2.05) is 0 Å². The average molecular weight is 304 g/mol. The van der Waals surface area contributed by atoms with Gasteiger partial charge in [-0.3, -0.25) is 0 Å². The van der Waals surface area contributed by atoms with Gasteiger partial charge in [-0.2, -0.15) is 4.31 Å². The molecular weight excluding hydrogens is 286 g/mol. The second-order valence-electron chi connectivity index (χ2n) is 5.02. The van der Waals surface area contributed by atoms with Gasteiger partial charge < -0.3 is 5.11 Å². The lowest BCUT2D eigenvalue weighted by atomic mass is 10.0. The third kappa shape index (κ3) is 3.11. The lowest BCUT2D eigenvalue weighted by molar-refractivity contribution is 0.280. The zero-order valence-electron chi connectivity index (χ0n) is 10.8. The summed E-state index contributed by atoms with van der Waals surface area (Å²) in [5.41, 5.74) is 0.535. The molecule has 6 heteroatoms. The molecule has 1 atom stereocenters. The van der Waals surface area contributed by atoms with Gasteiger partial charge in [-0.15, -0.1) is 0 Å². The highest BCUT2D eigenvalue weighted by molar-refractivity contribution is 7.89. The molecule has 1 fully saturated rings. The minimum atomic E-state index is -3.48. The fourth-order valence-corrected chi connectivity index (χ4v) is 4.26. The highest BCUT2D eigenvalue weighted by Crippen LogP contribution is 2.26. The van der Waals surface area contributed by atoms with Crippen LogP contribution < -0.4 is 0 Å². The molecule has 1 saturated heterocycles. The van der Waals surface area contributed by atoms with Gasteiger partial charge in [0.15, 0.2) is 0 Å². The van der Waals surface area contributed by atoms with Crippen LogP contribution in [0.5, 0.6) is 0 Å². The summed E-state index contributed by atoms with van der Waals surface area (Å²) in [6, 6.07) is 4.48. The Morgan fingerprint density at radius 2 is 2.21 bits per heavy atom. The topological polar surface area (TPSA) is 57.6 Å². The largest absolute Gasteiger partial charge is 0.392 e. The van der Waals surface area contributed by atoms with E-state index in [0.717, 1.165) is 12.8 Å². The SMILES string of the molecule is CC1CCCN(S(=O)(=O)c2ccc(CO)c(Cl)c2)C1. The summed E-state index contributed by atoms with van der Waals surface area (Å²) < 4.78 is 26.5. The summed E-state index contributed by atoms with van der Waals surface area (Å²) in [7, 11) is -3.48. The number of aliphatic hydroxyl groups excluding tert-OH is 1. The van der Waals surface area contributed by atoms with E-state index in [0.29, 0.717) is 24.6 Å². The van der Waals surface area contributed by atoms with Gasteiger partial charge in [0.05, 0.1) is 11.5 Å². The Morgan fingerprint density at radius 1 is 1.47 bits per heavy atom. The van der Waals surface area contributed by atoms with Crippen molar-refractivity contribution in [1.82, 2.24) is 4.31 Å². The first-order valence-corrected chi connectivity index (χ1v) is 8.16. The monoisotopic (exact) mass is 303 g/mol. The molecule has 19 heavy (non-hydrogen) atoms. The highest BCUT2D eigenvalue weighted by atomic mass is 35.5. The summed E-state index contributed by atoms with van der Waals surface area (Å²) in [6.07, 6.45) is 1.96. The normalized spacial score (nSPS) is 21.5. The van der Waals surface area contributed by atoms with Crippen molar-refractivity contribution in [1.29, 1.82) is 0 Å². The maximum absolute atomic E-state index is 12.5. The summed E-state index contributed by atoms with van der Waals surface area (Å²) in [4.78, 5) is 0.198. The molecule has 2 rings (SSSR count). The maximum Gasteiger partial charge on any atom is 0.243 e. The molecule has 1 aliphatic rings. The van der Waals surface area contributed by atoms with E-state index in [1.165, 1.54) is 16.4 Å². The van der Waals surface area contributed by atoms with Crippen LogP contribution in [-0.4, -0.2) is 30.9 Å². The summed E-state index contributed by atoms with van der Waals surface area (Å²) in [5.74, 6) is 0.385. The first-order chi connectivity index (χ1) is 8.95. The number of sulfonamides is 1. The van der Waals surface area contributed by atoms with Gasteiger partial charge >= 0.3 is 0 Å². The van der Waals surface area contributed by atoms with Crippen LogP contribution in [0.15, 0.2) is 23.1 Å². The van der Waals surface area contributed by atoms with Crippen molar-refractivity contribution in [2.45, 2.75) is 31.3 Å². The zero-order chi connectivity index (χ0) is 14.0. The van der Waals surface area contributed by atoms with Crippen LogP contribution in [0.25, 0.3) is 0 Å². The molecular formula is C13H18ClNO3S. The molecule has 0 amide bonds. The van der Waals surface area contributed by atoms with Crippen LogP contribution in [-0.2, 0) is 16.6 Å². The van der Waals surface area contributed by atoms with E-state index >= 15 is 0 Å². The predicted molar refractivity (Wildman–Crippen MR) is 74.5 cm³/mol. The van der Waals surface area contributed by atoms with E-state index in [9.17, 15) is 8.42 Å². The highest BCUT2D eigenvalue weighted by Gasteiger charge is 2.28. The van der Waals surface area contributed by atoms with Crippen molar-refractivity contribution in [3.05, 3.63) is 28.8 Å². The third-order valence-electron chi connectivity index (χ3n) is 3.45. The Kier molecular flexibility index (Phi) is 4.50. The molecule has 1 heterocycles. The molecule has 0 aromatic heterocycles. The van der Waals surface area contributed by atoms with Gasteiger partial charge in [-0.1, -0.05) is 24.6 Å². The number of aliphatic hydroxyl groups is 1. The van der Waals surface area contributed by atoms with Crippen molar-refractivity contribution >= 4 is 21.6 Å². The van der Waals surface area contributed by atoms with Gasteiger partial charge in [-0.25, -0.2) is 8.42 Å². The average Bonchev–Trinajstić information content (AvgIpc) is 2.38. The van der Waals surface area contributed by atoms with E-state index < -0.39 is 10.0 Å². The van der Waals surface area contributed by atoms with Crippen LogP contribution in [0.3, 0.4) is 0 Å². The van der Waals surface area contributed by atoms with Crippen LogP contribution in [0, 0.1) is 5.92 Å². The molecule has 1 aliphatic heterocycles. The molecule has 106 valence electrons. The molecule has 1 unspecified atom stereocenters. The molecule has 0 spiro atoms. The number of halogens is 1. The maximum atomic E-state index is 12.5. The molecule has 0 aliphatic carbocycles. The van der Waals surface area contributed by atoms with Crippen molar-refractivity contribution < 1.29 is 13.5 Å². The zero-order valence-corrected chi connectivity index (χ0v) is 12.4. The lowest BCUT2D eigenvalue weighted by Gasteiger charge is -2.30. The molecule has 0 radical (unpaired) electrons. The summed E-state index contributed by atoms with van der Waals surface area (Å²) in [5, 5.41) is 9.34. The Hall–Kier alpha value is -0.620. The Bertz CT molecular complexity index is 559. The van der Waals surface area contributed by atoms with Gasteiger partial charge in [0.1, 0.15) is 0 Å². The molecule has 1 aromatic carbocycles. The van der Waals surface area contributed by atoms with E-state index in [2.05, 4.69) is 6.92 Å². The first-order valence-electron chi connectivity index (χ1n) is 6.34. The molecule has 0 saturated carbocycles. The lowest BCUT2D eigenvalue weighted by Crippen LogP contribution is -2.39.